The lowest BCUT2D eigenvalue weighted by molar-refractivity contribution is 0.0997. The summed E-state index contributed by atoms with van der Waals surface area (Å²) in [5.74, 6) is -2.08. The molecule has 1 aromatic carbocycles. The summed E-state index contributed by atoms with van der Waals surface area (Å²) >= 11 is 0. The standard InChI is InChI=1S/C24H25F2N3O2/c1-3-13-14(6-7-17(25)22(13)26)16-10-12(2)4-5-15(16)19-11-20(30)21-18(29-19)8-9-28-23(21)24(27)31/h6-9,11-12,15-16H,3-5,10H2,1-2H3,(H2,27,31)(H,29,30)/t12-,15?,16?/m0/s1. The smallest absolute Gasteiger partial charge is 0.268 e. The Hall–Kier alpha value is -3.09. The maximum atomic E-state index is 14.6. The van der Waals surface area contributed by atoms with Crippen LogP contribution in [0.15, 0.2) is 35.3 Å². The van der Waals surface area contributed by atoms with Crippen LogP contribution in [0.3, 0.4) is 0 Å². The SMILES string of the molecule is CCc1c(C2C[C@@H](C)CCC2c2cc(=O)c3c(C(N)=O)nccc3[nH]2)ccc(F)c1F. The highest BCUT2D eigenvalue weighted by Gasteiger charge is 2.34. The van der Waals surface area contributed by atoms with E-state index in [1.807, 2.05) is 6.92 Å². The summed E-state index contributed by atoms with van der Waals surface area (Å²) in [6.07, 6.45) is 4.41. The quantitative estimate of drug-likeness (QED) is 0.643. The van der Waals surface area contributed by atoms with Crippen LogP contribution in [0.4, 0.5) is 8.78 Å². The van der Waals surface area contributed by atoms with Crippen LogP contribution in [-0.4, -0.2) is 15.9 Å². The Labute approximate surface area is 178 Å². The highest BCUT2D eigenvalue weighted by atomic mass is 19.2. The van der Waals surface area contributed by atoms with E-state index in [1.54, 1.807) is 12.1 Å². The number of H-pyrrole nitrogens is 1. The fourth-order valence-corrected chi connectivity index (χ4v) is 5.02. The van der Waals surface area contributed by atoms with Gasteiger partial charge in [-0.05, 0) is 54.4 Å². The minimum Gasteiger partial charge on any atom is -0.364 e. The minimum atomic E-state index is -0.841. The number of pyridine rings is 2. The molecule has 1 aliphatic rings. The lowest BCUT2D eigenvalue weighted by atomic mass is 9.69. The monoisotopic (exact) mass is 425 g/mol. The molecule has 3 aromatic rings. The predicted molar refractivity (Wildman–Crippen MR) is 115 cm³/mol. The van der Waals surface area contributed by atoms with Crippen molar-refractivity contribution in [3.8, 4) is 0 Å². The number of aromatic amines is 1. The zero-order valence-electron chi connectivity index (χ0n) is 17.5. The topological polar surface area (TPSA) is 88.8 Å². The number of hydrogen-bond acceptors (Lipinski definition) is 3. The summed E-state index contributed by atoms with van der Waals surface area (Å²) in [6, 6.07) is 6.01. The molecule has 4 rings (SSSR count). The van der Waals surface area contributed by atoms with Gasteiger partial charge in [0.2, 0.25) is 0 Å². The molecule has 1 aliphatic carbocycles. The highest BCUT2D eigenvalue weighted by Crippen LogP contribution is 2.47. The van der Waals surface area contributed by atoms with Crippen molar-refractivity contribution in [3.05, 3.63) is 74.8 Å². The van der Waals surface area contributed by atoms with E-state index in [9.17, 15) is 18.4 Å². The summed E-state index contributed by atoms with van der Waals surface area (Å²) in [6.45, 7) is 3.97. The summed E-state index contributed by atoms with van der Waals surface area (Å²) in [5, 5.41) is 0.168. The van der Waals surface area contributed by atoms with Crippen molar-refractivity contribution in [1.82, 2.24) is 9.97 Å². The normalized spacial score (nSPS) is 21.4. The molecule has 2 unspecified atom stereocenters. The van der Waals surface area contributed by atoms with Crippen LogP contribution < -0.4 is 11.2 Å². The second-order valence-corrected chi connectivity index (χ2v) is 8.45. The number of nitrogens with zero attached hydrogens (tertiary/aromatic N) is 1. The van der Waals surface area contributed by atoms with Crippen LogP contribution in [0, 0.1) is 17.6 Å². The summed E-state index contributed by atoms with van der Waals surface area (Å²) in [5.41, 5.74) is 7.40. The van der Waals surface area contributed by atoms with E-state index in [0.29, 0.717) is 23.4 Å². The van der Waals surface area contributed by atoms with Gasteiger partial charge in [-0.2, -0.15) is 0 Å². The second kappa shape index (κ2) is 8.21. The number of nitrogens with one attached hydrogen (secondary N) is 1. The fourth-order valence-electron chi connectivity index (χ4n) is 5.02. The third kappa shape index (κ3) is 3.73. The molecule has 162 valence electrons. The van der Waals surface area contributed by atoms with E-state index in [0.717, 1.165) is 30.5 Å². The molecule has 1 fully saturated rings. The number of carbonyl (C=O) groups is 1. The Morgan fingerprint density at radius 2 is 2.00 bits per heavy atom. The number of hydrogen-bond donors (Lipinski definition) is 2. The van der Waals surface area contributed by atoms with Crippen molar-refractivity contribution in [3.63, 3.8) is 0 Å². The lowest BCUT2D eigenvalue weighted by Crippen LogP contribution is -2.25. The molecule has 0 bridgehead atoms. The van der Waals surface area contributed by atoms with Crippen molar-refractivity contribution in [2.75, 3.05) is 0 Å². The first-order chi connectivity index (χ1) is 14.8. The van der Waals surface area contributed by atoms with Gasteiger partial charge in [0, 0.05) is 23.9 Å². The van der Waals surface area contributed by atoms with Crippen LogP contribution in [0.1, 0.15) is 72.3 Å². The Kier molecular flexibility index (Phi) is 5.60. The zero-order valence-corrected chi connectivity index (χ0v) is 17.5. The number of benzene rings is 1. The van der Waals surface area contributed by atoms with Crippen LogP contribution in [0.5, 0.6) is 0 Å². The molecule has 2 heterocycles. The zero-order chi connectivity index (χ0) is 22.3. The van der Waals surface area contributed by atoms with Gasteiger partial charge in [-0.25, -0.2) is 8.78 Å². The van der Waals surface area contributed by atoms with Gasteiger partial charge in [-0.15, -0.1) is 0 Å². The minimum absolute atomic E-state index is 0.0562. The van der Waals surface area contributed by atoms with Crippen molar-refractivity contribution < 1.29 is 13.6 Å². The van der Waals surface area contributed by atoms with E-state index >= 15 is 0 Å². The molecule has 0 radical (unpaired) electrons. The molecule has 5 nitrogen and oxygen atoms in total. The first kappa shape index (κ1) is 21.2. The number of rotatable bonds is 4. The molecule has 3 N–H and O–H groups in total. The largest absolute Gasteiger partial charge is 0.364 e. The molecule has 2 aromatic heterocycles. The second-order valence-electron chi connectivity index (χ2n) is 8.45. The van der Waals surface area contributed by atoms with Crippen LogP contribution >= 0.6 is 0 Å². The van der Waals surface area contributed by atoms with E-state index in [-0.39, 0.29) is 28.3 Å². The first-order valence-corrected chi connectivity index (χ1v) is 10.6. The fraction of sp³-hybridized carbons (Fsp3) is 0.375. The number of nitrogens with two attached hydrogens (primary N) is 1. The number of halogens is 2. The Balaban J connectivity index is 1.87. The van der Waals surface area contributed by atoms with Crippen LogP contribution in [0.2, 0.25) is 0 Å². The third-order valence-electron chi connectivity index (χ3n) is 6.49. The van der Waals surface area contributed by atoms with Gasteiger partial charge < -0.3 is 10.7 Å². The molecule has 0 aliphatic heterocycles. The predicted octanol–water partition coefficient (Wildman–Crippen LogP) is 4.55. The molecular weight excluding hydrogens is 400 g/mol. The number of fused-ring (bicyclic) bond motifs is 1. The molecule has 7 heteroatoms. The number of carbonyl (C=O) groups excluding carboxylic acids is 1. The van der Waals surface area contributed by atoms with Gasteiger partial charge in [-0.1, -0.05) is 26.3 Å². The van der Waals surface area contributed by atoms with E-state index in [2.05, 4.69) is 16.9 Å². The molecule has 0 saturated heterocycles. The van der Waals surface area contributed by atoms with Gasteiger partial charge in [0.1, 0.15) is 5.69 Å². The number of aromatic nitrogens is 2. The van der Waals surface area contributed by atoms with E-state index in [1.165, 1.54) is 18.3 Å². The van der Waals surface area contributed by atoms with Gasteiger partial charge in [0.05, 0.1) is 10.9 Å². The van der Waals surface area contributed by atoms with Crippen LogP contribution in [-0.2, 0) is 6.42 Å². The summed E-state index contributed by atoms with van der Waals surface area (Å²) in [7, 11) is 0. The molecule has 0 spiro atoms. The molecule has 1 saturated carbocycles. The number of amides is 1. The Bertz CT molecular complexity index is 1220. The molecular formula is C24H25F2N3O2. The number of primary amides is 1. The lowest BCUT2D eigenvalue weighted by Gasteiger charge is -2.36. The highest BCUT2D eigenvalue weighted by molar-refractivity contribution is 6.03. The maximum Gasteiger partial charge on any atom is 0.268 e. The van der Waals surface area contributed by atoms with E-state index in [4.69, 9.17) is 5.73 Å². The maximum absolute atomic E-state index is 14.6. The third-order valence-corrected chi connectivity index (χ3v) is 6.49. The Morgan fingerprint density at radius 3 is 2.71 bits per heavy atom. The van der Waals surface area contributed by atoms with Crippen molar-refractivity contribution >= 4 is 16.8 Å². The Morgan fingerprint density at radius 1 is 1.23 bits per heavy atom. The van der Waals surface area contributed by atoms with Gasteiger partial charge in [-0.3, -0.25) is 14.6 Å². The summed E-state index contributed by atoms with van der Waals surface area (Å²) in [4.78, 5) is 31.9. The first-order valence-electron chi connectivity index (χ1n) is 10.6. The van der Waals surface area contributed by atoms with Gasteiger partial charge >= 0.3 is 0 Å². The van der Waals surface area contributed by atoms with Gasteiger partial charge in [0.25, 0.3) is 5.91 Å². The van der Waals surface area contributed by atoms with Gasteiger partial charge in [0.15, 0.2) is 17.1 Å². The average Bonchev–Trinajstić information content (AvgIpc) is 2.74. The van der Waals surface area contributed by atoms with E-state index < -0.39 is 17.5 Å². The van der Waals surface area contributed by atoms with Crippen LogP contribution in [0.25, 0.3) is 10.9 Å². The van der Waals surface area contributed by atoms with Crippen molar-refractivity contribution in [1.29, 1.82) is 0 Å². The molecule has 1 amide bonds. The molecule has 31 heavy (non-hydrogen) atoms. The average molecular weight is 425 g/mol. The molecule has 3 atom stereocenters. The van der Waals surface area contributed by atoms with Crippen molar-refractivity contribution in [2.45, 2.75) is 51.4 Å². The van der Waals surface area contributed by atoms with Crippen molar-refractivity contribution in [2.24, 2.45) is 11.7 Å². The summed E-state index contributed by atoms with van der Waals surface area (Å²) < 4.78 is 28.4.